The van der Waals surface area contributed by atoms with Crippen LogP contribution in [0.15, 0.2) is 194 Å². The monoisotopic (exact) mass is 984 g/mol. The fraction of sp³-hybridized carbons (Fsp3) is 0.0357. The second-order valence-corrected chi connectivity index (χ2v) is 15.1. The van der Waals surface area contributed by atoms with Gasteiger partial charge in [-0.25, -0.2) is 4.98 Å². The van der Waals surface area contributed by atoms with E-state index in [0.29, 0.717) is 33.8 Å². The largest absolute Gasteiger partial charge is 0.507 e. The number of nitrogens with zero attached hydrogens (tertiary/aromatic N) is 4. The molecule has 0 spiro atoms. The summed E-state index contributed by atoms with van der Waals surface area (Å²) in [6, 6.07) is 63.4. The van der Waals surface area contributed by atoms with Gasteiger partial charge in [-0.2, -0.15) is 0 Å². The Bertz CT molecular complexity index is 3680. The van der Waals surface area contributed by atoms with E-state index in [1.807, 2.05) is 126 Å². The molecule has 0 aliphatic heterocycles. The molecule has 0 unspecified atom stereocenters. The molecule has 8 aromatic carbocycles. The van der Waals surface area contributed by atoms with E-state index in [0.717, 1.165) is 66.4 Å². The molecule has 0 saturated heterocycles. The van der Waals surface area contributed by atoms with E-state index in [2.05, 4.69) is 41.0 Å². The van der Waals surface area contributed by atoms with Crippen LogP contribution >= 0.6 is 0 Å². The Labute approximate surface area is 382 Å². The molecule has 5 nitrogen and oxygen atoms in total. The topological polar surface area (TPSA) is 55.9 Å². The van der Waals surface area contributed by atoms with Gasteiger partial charge >= 0.3 is 0 Å². The van der Waals surface area contributed by atoms with Gasteiger partial charge in [0.2, 0.25) is 0 Å². The maximum Gasteiger partial charge on any atom is 0.148 e. The van der Waals surface area contributed by atoms with Crippen molar-refractivity contribution >= 4 is 32.8 Å². The van der Waals surface area contributed by atoms with Crippen molar-refractivity contribution in [2.24, 2.45) is 0 Å². The van der Waals surface area contributed by atoms with Crippen LogP contribution in [0, 0.1) is 19.8 Å². The van der Waals surface area contributed by atoms with Gasteiger partial charge in [-0.3, -0.25) is 9.55 Å². The maximum absolute atomic E-state index is 11.5. The number of hydrogen-bond donors (Lipinski definition) is 1. The Kier molecular flexibility index (Phi) is 8.34. The van der Waals surface area contributed by atoms with Crippen LogP contribution in [-0.2, 0) is 21.1 Å². The van der Waals surface area contributed by atoms with Crippen molar-refractivity contribution in [1.82, 2.24) is 19.1 Å². The number of phenolic OH excluding ortho intramolecular Hbond substituents is 1. The normalized spacial score (nSPS) is 13.2. The summed E-state index contributed by atoms with van der Waals surface area (Å²) in [5, 5.41) is 13.5. The molecule has 0 amide bonds. The van der Waals surface area contributed by atoms with Crippen LogP contribution in [0.25, 0.3) is 100 Å². The fourth-order valence-electron chi connectivity index (χ4n) is 8.60. The van der Waals surface area contributed by atoms with E-state index < -0.39 is 13.7 Å². The van der Waals surface area contributed by atoms with Gasteiger partial charge in [-0.15, -0.1) is 12.1 Å². The summed E-state index contributed by atoms with van der Waals surface area (Å²) in [6.45, 7) is -4.56. The molecule has 0 bridgehead atoms. The fourth-order valence-corrected chi connectivity index (χ4v) is 8.60. The number of para-hydroxylation sites is 4. The second kappa shape index (κ2) is 15.9. The van der Waals surface area contributed by atoms with Crippen LogP contribution in [0.4, 0.5) is 0 Å². The molecule has 1 N–H and O–H groups in total. The summed E-state index contributed by atoms with van der Waals surface area (Å²) in [7, 11) is 0. The number of phenols is 1. The molecule has 11 aromatic rings. The van der Waals surface area contributed by atoms with Crippen molar-refractivity contribution < 1.29 is 34.4 Å². The predicted octanol–water partition coefficient (Wildman–Crippen LogP) is 14.0. The first-order valence-electron chi connectivity index (χ1n) is 23.1. The number of aromatic hydroxyl groups is 1. The van der Waals surface area contributed by atoms with Crippen molar-refractivity contribution in [2.75, 3.05) is 0 Å². The summed E-state index contributed by atoms with van der Waals surface area (Å²) in [5.74, 6) is 0.509. The predicted molar refractivity (Wildman–Crippen MR) is 250 cm³/mol. The molecular formula is C56H39N4OPt-. The third-order valence-corrected chi connectivity index (χ3v) is 11.4. The van der Waals surface area contributed by atoms with Crippen molar-refractivity contribution in [3.63, 3.8) is 0 Å². The van der Waals surface area contributed by atoms with E-state index in [1.165, 1.54) is 0 Å². The van der Waals surface area contributed by atoms with Crippen LogP contribution in [0.5, 0.6) is 5.75 Å². The first kappa shape index (κ1) is 32.4. The zero-order chi connectivity index (χ0) is 46.0. The van der Waals surface area contributed by atoms with Gasteiger partial charge in [0.1, 0.15) is 11.6 Å². The Morgan fingerprint density at radius 3 is 2.06 bits per heavy atom. The van der Waals surface area contributed by atoms with E-state index in [4.69, 9.17) is 18.2 Å². The van der Waals surface area contributed by atoms with Crippen LogP contribution in [0.1, 0.15) is 19.4 Å². The molecule has 0 atom stereocenters. The van der Waals surface area contributed by atoms with E-state index in [9.17, 15) is 5.11 Å². The van der Waals surface area contributed by atoms with Crippen molar-refractivity contribution in [3.05, 3.63) is 211 Å². The van der Waals surface area contributed by atoms with Crippen molar-refractivity contribution in [1.29, 1.82) is 0 Å². The van der Waals surface area contributed by atoms with Gasteiger partial charge in [0.05, 0.1) is 22.3 Å². The summed E-state index contributed by atoms with van der Waals surface area (Å²) in [4.78, 5) is 10.3. The molecule has 0 aliphatic carbocycles. The van der Waals surface area contributed by atoms with E-state index in [1.54, 1.807) is 42.6 Å². The molecular weight excluding hydrogens is 940 g/mol. The molecule has 0 fully saturated rings. The minimum atomic E-state index is -2.35. The molecule has 62 heavy (non-hydrogen) atoms. The van der Waals surface area contributed by atoms with E-state index in [-0.39, 0.29) is 37.9 Å². The zero-order valence-corrected chi connectivity index (χ0v) is 35.3. The molecule has 0 saturated carbocycles. The van der Waals surface area contributed by atoms with Crippen molar-refractivity contribution in [2.45, 2.75) is 13.7 Å². The Balaban J connectivity index is 0.00000539. The number of pyridine rings is 1. The number of fused-ring (bicyclic) bond motifs is 4. The Morgan fingerprint density at radius 1 is 0.548 bits per heavy atom. The standard InChI is InChI=1S/C56H39N4O.Pt/c1-36-24-27-38(28-25-36)40-30-31-57-49(35-40)41-33-47-43-18-9-11-21-50(43)59(42-16-7-4-8-17-42)55(47)48(34-41)44-20-13-22-52-54(44)58-56(45-19-10-12-23-53(45)61)60(52)51-29-26-37(2)32-46(51)39-14-5-3-6-15-39;/h3-33,35,61H,1-2H3;/q-1;/i1D3,2D3;. The molecule has 0 aliphatic rings. The molecule has 6 heteroatoms. The van der Waals surface area contributed by atoms with Crippen LogP contribution in [0.2, 0.25) is 0 Å². The average Bonchev–Trinajstić information content (AvgIpc) is 3.90. The molecule has 3 heterocycles. The van der Waals surface area contributed by atoms with Gasteiger partial charge in [0.15, 0.2) is 0 Å². The quantitative estimate of drug-likeness (QED) is 0.162. The zero-order valence-electron chi connectivity index (χ0n) is 39.0. The molecule has 3 aromatic heterocycles. The van der Waals surface area contributed by atoms with Gasteiger partial charge in [0.25, 0.3) is 0 Å². The van der Waals surface area contributed by atoms with Crippen LogP contribution < -0.4 is 0 Å². The smallest absolute Gasteiger partial charge is 0.148 e. The minimum Gasteiger partial charge on any atom is -0.507 e. The second-order valence-electron chi connectivity index (χ2n) is 15.1. The van der Waals surface area contributed by atoms with Gasteiger partial charge < -0.3 is 9.67 Å². The van der Waals surface area contributed by atoms with E-state index >= 15 is 0 Å². The number of imidazole rings is 1. The van der Waals surface area contributed by atoms with Gasteiger partial charge in [0, 0.05) is 57.9 Å². The number of aryl methyl sites for hydroxylation is 2. The molecule has 11 rings (SSSR count). The third kappa shape index (κ3) is 6.63. The first-order chi connectivity index (χ1) is 32.4. The third-order valence-electron chi connectivity index (χ3n) is 11.4. The van der Waals surface area contributed by atoms with Gasteiger partial charge in [-0.05, 0) is 95.9 Å². The number of aromatic nitrogens is 4. The van der Waals surface area contributed by atoms with Gasteiger partial charge in [-0.1, -0.05) is 161 Å². The summed E-state index contributed by atoms with van der Waals surface area (Å²) < 4.78 is 52.9. The van der Waals surface area contributed by atoms with Crippen molar-refractivity contribution in [3.8, 4) is 73.2 Å². The molecule has 300 valence electrons. The maximum atomic E-state index is 11.5. The Hall–Kier alpha value is -7.33. The Morgan fingerprint density at radius 2 is 1.26 bits per heavy atom. The summed E-state index contributed by atoms with van der Waals surface area (Å²) in [5.41, 5.74) is 12.1. The number of hydrogen-bond acceptors (Lipinski definition) is 3. The van der Waals surface area contributed by atoms with Crippen LogP contribution in [-0.4, -0.2) is 24.2 Å². The minimum absolute atomic E-state index is 0. The van der Waals surface area contributed by atoms with Crippen LogP contribution in [0.3, 0.4) is 0 Å². The average molecular weight is 985 g/mol. The molecule has 0 radical (unpaired) electrons. The summed E-state index contributed by atoms with van der Waals surface area (Å²) >= 11 is 0. The first-order valence-corrected chi connectivity index (χ1v) is 20.1. The number of benzene rings is 8. The number of rotatable bonds is 7. The SMILES string of the molecule is [2H]C([2H])([2H])c1ccc(-c2ccnc(-c3[c-]c(-c4cccc5c4nc(-c4ccccc4O)n5-c4ccc(C([2H])([2H])[2H])cc4-c4ccccc4)c4c(c3)c3ccccc3n4-c3ccccc3)c2)cc1.[Pt]. The summed E-state index contributed by atoms with van der Waals surface area (Å²) in [6.07, 6.45) is 1.76.